The molecule has 2 aromatic heterocycles. The zero-order valence-electron chi connectivity index (χ0n) is 10.3. The molecule has 0 unspecified atom stereocenters. The van der Waals surface area contributed by atoms with Crippen LogP contribution in [0.5, 0.6) is 0 Å². The Hall–Kier alpha value is -1.08. The van der Waals surface area contributed by atoms with E-state index in [2.05, 4.69) is 35.7 Å². The molecular formula is C12H14BrN5S. The first-order valence-corrected chi connectivity index (χ1v) is 7.86. The van der Waals surface area contributed by atoms with E-state index in [-0.39, 0.29) is 0 Å². The fraction of sp³-hybridized carbons (Fsp3) is 0.417. The SMILES string of the molecule is Nc1cc(Br)cnc1Sc1nnc2n1CCCCC2. The van der Waals surface area contributed by atoms with Crippen LogP contribution in [-0.4, -0.2) is 19.7 Å². The summed E-state index contributed by atoms with van der Waals surface area (Å²) in [6.45, 7) is 0.987. The van der Waals surface area contributed by atoms with Crippen LogP contribution >= 0.6 is 27.7 Å². The third kappa shape index (κ3) is 2.76. The van der Waals surface area contributed by atoms with Gasteiger partial charge in [-0.2, -0.15) is 0 Å². The Balaban J connectivity index is 1.89. The van der Waals surface area contributed by atoms with Gasteiger partial charge in [0.15, 0.2) is 5.16 Å². The summed E-state index contributed by atoms with van der Waals surface area (Å²) in [5, 5.41) is 10.2. The van der Waals surface area contributed by atoms with Crippen LogP contribution in [0.25, 0.3) is 0 Å². The maximum Gasteiger partial charge on any atom is 0.197 e. The third-order valence-electron chi connectivity index (χ3n) is 3.11. The molecule has 0 amide bonds. The summed E-state index contributed by atoms with van der Waals surface area (Å²) in [5.41, 5.74) is 6.63. The van der Waals surface area contributed by atoms with Crippen LogP contribution in [0.1, 0.15) is 25.1 Å². The second-order valence-electron chi connectivity index (χ2n) is 4.51. The van der Waals surface area contributed by atoms with E-state index < -0.39 is 0 Å². The summed E-state index contributed by atoms with van der Waals surface area (Å²) in [6, 6.07) is 1.86. The van der Waals surface area contributed by atoms with Crippen molar-refractivity contribution in [2.75, 3.05) is 5.73 Å². The first-order valence-electron chi connectivity index (χ1n) is 6.25. The van der Waals surface area contributed by atoms with Crippen molar-refractivity contribution >= 4 is 33.4 Å². The van der Waals surface area contributed by atoms with Crippen molar-refractivity contribution in [3.63, 3.8) is 0 Å². The van der Waals surface area contributed by atoms with E-state index in [4.69, 9.17) is 5.73 Å². The smallest absolute Gasteiger partial charge is 0.197 e. The number of nitrogens with zero attached hydrogens (tertiary/aromatic N) is 4. The Morgan fingerprint density at radius 3 is 3.00 bits per heavy atom. The van der Waals surface area contributed by atoms with Gasteiger partial charge in [0.05, 0.1) is 5.69 Å². The number of anilines is 1. The number of aromatic nitrogens is 4. The van der Waals surface area contributed by atoms with E-state index in [1.165, 1.54) is 31.0 Å². The molecule has 5 nitrogen and oxygen atoms in total. The van der Waals surface area contributed by atoms with Crippen molar-refractivity contribution in [2.24, 2.45) is 0 Å². The molecule has 0 fully saturated rings. The highest BCUT2D eigenvalue weighted by molar-refractivity contribution is 9.10. The van der Waals surface area contributed by atoms with Crippen LogP contribution in [0.3, 0.4) is 0 Å². The molecule has 0 aliphatic carbocycles. The molecule has 3 rings (SSSR count). The average molecular weight is 340 g/mol. The number of fused-ring (bicyclic) bond motifs is 1. The van der Waals surface area contributed by atoms with Crippen LogP contribution in [0.4, 0.5) is 5.69 Å². The molecule has 7 heteroatoms. The average Bonchev–Trinajstić information content (AvgIpc) is 2.61. The molecule has 1 aliphatic heterocycles. The summed E-state index contributed by atoms with van der Waals surface area (Å²) in [4.78, 5) is 4.34. The van der Waals surface area contributed by atoms with Crippen molar-refractivity contribution in [1.82, 2.24) is 19.7 Å². The molecule has 3 heterocycles. The number of pyridine rings is 1. The number of nitrogens with two attached hydrogens (primary N) is 1. The fourth-order valence-electron chi connectivity index (χ4n) is 2.15. The highest BCUT2D eigenvalue weighted by Crippen LogP contribution is 2.31. The number of hydrogen-bond donors (Lipinski definition) is 1. The van der Waals surface area contributed by atoms with Gasteiger partial charge in [-0.15, -0.1) is 10.2 Å². The van der Waals surface area contributed by atoms with Gasteiger partial charge in [-0.1, -0.05) is 6.42 Å². The van der Waals surface area contributed by atoms with E-state index in [1.807, 2.05) is 6.07 Å². The Morgan fingerprint density at radius 2 is 2.16 bits per heavy atom. The van der Waals surface area contributed by atoms with Crippen molar-refractivity contribution in [2.45, 2.75) is 42.4 Å². The highest BCUT2D eigenvalue weighted by atomic mass is 79.9. The van der Waals surface area contributed by atoms with E-state index in [9.17, 15) is 0 Å². The van der Waals surface area contributed by atoms with Crippen LogP contribution in [0.2, 0.25) is 0 Å². The van der Waals surface area contributed by atoms with Crippen LogP contribution in [0.15, 0.2) is 26.9 Å². The van der Waals surface area contributed by atoms with Crippen molar-refractivity contribution in [3.8, 4) is 0 Å². The Morgan fingerprint density at radius 1 is 1.26 bits per heavy atom. The second-order valence-corrected chi connectivity index (χ2v) is 6.38. The van der Waals surface area contributed by atoms with Gasteiger partial charge in [0.25, 0.3) is 0 Å². The quantitative estimate of drug-likeness (QED) is 0.910. The van der Waals surface area contributed by atoms with Crippen molar-refractivity contribution in [1.29, 1.82) is 0 Å². The monoisotopic (exact) mass is 339 g/mol. The van der Waals surface area contributed by atoms with E-state index in [0.717, 1.165) is 33.4 Å². The maximum atomic E-state index is 5.97. The summed E-state index contributed by atoms with van der Waals surface area (Å²) >= 11 is 4.85. The van der Waals surface area contributed by atoms with E-state index in [1.54, 1.807) is 6.20 Å². The van der Waals surface area contributed by atoms with Crippen molar-refractivity contribution in [3.05, 3.63) is 22.6 Å². The third-order valence-corrected chi connectivity index (χ3v) is 4.56. The molecule has 1 aliphatic rings. The van der Waals surface area contributed by atoms with Gasteiger partial charge < -0.3 is 10.3 Å². The molecule has 2 N–H and O–H groups in total. The first kappa shape index (κ1) is 12.9. The van der Waals surface area contributed by atoms with Gasteiger partial charge in [-0.05, 0) is 46.6 Å². The molecule has 0 bridgehead atoms. The molecule has 0 saturated heterocycles. The zero-order chi connectivity index (χ0) is 13.2. The number of hydrogen-bond acceptors (Lipinski definition) is 5. The van der Waals surface area contributed by atoms with Crippen LogP contribution in [-0.2, 0) is 13.0 Å². The molecule has 0 spiro atoms. The fourth-order valence-corrected chi connectivity index (χ4v) is 3.34. The lowest BCUT2D eigenvalue weighted by Crippen LogP contribution is -2.02. The largest absolute Gasteiger partial charge is 0.396 e. The minimum absolute atomic E-state index is 0.658. The summed E-state index contributed by atoms with van der Waals surface area (Å²) < 4.78 is 3.08. The van der Waals surface area contributed by atoms with E-state index in [0.29, 0.717) is 5.69 Å². The molecule has 19 heavy (non-hydrogen) atoms. The second kappa shape index (κ2) is 5.50. The lowest BCUT2D eigenvalue weighted by atomic mass is 10.2. The molecule has 0 aromatic carbocycles. The van der Waals surface area contributed by atoms with Crippen molar-refractivity contribution < 1.29 is 0 Å². The summed E-state index contributed by atoms with van der Waals surface area (Å²) in [7, 11) is 0. The Labute approximate surface area is 124 Å². The van der Waals surface area contributed by atoms with Gasteiger partial charge in [-0.3, -0.25) is 0 Å². The minimum atomic E-state index is 0.658. The number of rotatable bonds is 2. The first-order chi connectivity index (χ1) is 9.24. The Kier molecular flexibility index (Phi) is 3.74. The van der Waals surface area contributed by atoms with Gasteiger partial charge in [0.1, 0.15) is 10.9 Å². The predicted octanol–water partition coefficient (Wildman–Crippen LogP) is 2.90. The molecule has 0 radical (unpaired) electrons. The summed E-state index contributed by atoms with van der Waals surface area (Å²) in [5.74, 6) is 1.08. The van der Waals surface area contributed by atoms with Gasteiger partial charge in [0.2, 0.25) is 0 Å². The normalized spacial score (nSPS) is 15.0. The standard InChI is InChI=1S/C12H14BrN5S/c13-8-6-9(14)11(15-7-8)19-12-17-16-10-4-2-1-3-5-18(10)12/h6-7H,1-5,14H2. The zero-order valence-corrected chi connectivity index (χ0v) is 12.7. The lowest BCUT2D eigenvalue weighted by molar-refractivity contribution is 0.590. The minimum Gasteiger partial charge on any atom is -0.396 e. The predicted molar refractivity (Wildman–Crippen MR) is 78.0 cm³/mol. The molecule has 2 aromatic rings. The Bertz CT molecular complexity index is 598. The van der Waals surface area contributed by atoms with Gasteiger partial charge in [0, 0.05) is 23.6 Å². The summed E-state index contributed by atoms with van der Waals surface area (Å²) in [6.07, 6.45) is 6.39. The number of nitrogen functional groups attached to an aromatic ring is 1. The molecule has 100 valence electrons. The van der Waals surface area contributed by atoms with Gasteiger partial charge in [-0.25, -0.2) is 4.98 Å². The number of halogens is 1. The topological polar surface area (TPSA) is 69.6 Å². The lowest BCUT2D eigenvalue weighted by Gasteiger charge is -2.07. The molecular weight excluding hydrogens is 326 g/mol. The van der Waals surface area contributed by atoms with Crippen LogP contribution in [0, 0.1) is 0 Å². The highest BCUT2D eigenvalue weighted by Gasteiger charge is 2.16. The molecule has 0 saturated carbocycles. The van der Waals surface area contributed by atoms with E-state index >= 15 is 0 Å². The number of aryl methyl sites for hydroxylation is 1. The maximum absolute atomic E-state index is 5.97. The molecule has 0 atom stereocenters. The van der Waals surface area contributed by atoms with Crippen LogP contribution < -0.4 is 5.73 Å². The van der Waals surface area contributed by atoms with Gasteiger partial charge >= 0.3 is 0 Å².